The monoisotopic (exact) mass is 660 g/mol. The maximum Gasteiger partial charge on any atom is 0.435 e. The smallest absolute Gasteiger partial charge is 0.435 e. The van der Waals surface area contributed by atoms with Crippen LogP contribution in [0, 0.1) is 13.8 Å². The minimum atomic E-state index is -4.69. The van der Waals surface area contributed by atoms with Crippen molar-refractivity contribution in [2.45, 2.75) is 58.0 Å². The molecule has 0 aliphatic carbocycles. The van der Waals surface area contributed by atoms with E-state index in [0.717, 1.165) is 0 Å². The zero-order valence-corrected chi connectivity index (χ0v) is 26.7. The molecule has 0 fully saturated rings. The van der Waals surface area contributed by atoms with Crippen LogP contribution in [0.3, 0.4) is 0 Å². The lowest BCUT2D eigenvalue weighted by Gasteiger charge is -2.25. The summed E-state index contributed by atoms with van der Waals surface area (Å²) in [5, 5.41) is 3.82. The Kier molecular flexibility index (Phi) is 9.56. The van der Waals surface area contributed by atoms with Gasteiger partial charge in [0.2, 0.25) is 15.9 Å². The van der Waals surface area contributed by atoms with Crippen molar-refractivity contribution in [1.29, 1.82) is 0 Å². The molecule has 4 aromatic rings. The molecule has 0 bridgehead atoms. The highest BCUT2D eigenvalue weighted by Crippen LogP contribution is 2.38. The predicted molar refractivity (Wildman–Crippen MR) is 162 cm³/mol. The van der Waals surface area contributed by atoms with Gasteiger partial charge in [0.1, 0.15) is 18.2 Å². The van der Waals surface area contributed by atoms with Gasteiger partial charge in [0.15, 0.2) is 5.69 Å². The Morgan fingerprint density at radius 3 is 2.41 bits per heavy atom. The molecular formula is C31H35F3N6O5S. The first-order chi connectivity index (χ1) is 21.8. The quantitative estimate of drug-likeness (QED) is 0.206. The van der Waals surface area contributed by atoms with Gasteiger partial charge in [-0.3, -0.25) is 4.79 Å². The third-order valence-corrected chi connectivity index (χ3v) is 9.99. The van der Waals surface area contributed by atoms with E-state index in [4.69, 9.17) is 9.47 Å². The number of halogens is 3. The Morgan fingerprint density at radius 1 is 1.09 bits per heavy atom. The molecule has 0 spiro atoms. The lowest BCUT2D eigenvalue weighted by atomic mass is 10.1. The van der Waals surface area contributed by atoms with Crippen molar-refractivity contribution in [3.05, 3.63) is 88.8 Å². The van der Waals surface area contributed by atoms with E-state index in [0.29, 0.717) is 34.9 Å². The summed E-state index contributed by atoms with van der Waals surface area (Å²) in [5.41, 5.74) is 0.667. The van der Waals surface area contributed by atoms with Crippen molar-refractivity contribution >= 4 is 15.9 Å². The van der Waals surface area contributed by atoms with Gasteiger partial charge in [-0.2, -0.15) is 22.6 Å². The number of hydrogen-bond donors (Lipinski definition) is 0. The van der Waals surface area contributed by atoms with Crippen LogP contribution in [-0.2, 0) is 51.9 Å². The number of ether oxygens (including phenoxy) is 2. The van der Waals surface area contributed by atoms with Crippen LogP contribution in [-0.4, -0.2) is 69.7 Å². The second-order valence-corrected chi connectivity index (χ2v) is 12.8. The molecule has 1 aliphatic heterocycles. The molecule has 5 rings (SSSR count). The highest BCUT2D eigenvalue weighted by molar-refractivity contribution is 7.89. The number of carbonyl (C=O) groups is 1. The highest BCUT2D eigenvalue weighted by atomic mass is 32.2. The summed E-state index contributed by atoms with van der Waals surface area (Å²) in [7, 11) is -2.54. The first-order valence-corrected chi connectivity index (χ1v) is 16.0. The van der Waals surface area contributed by atoms with Crippen LogP contribution in [0.25, 0.3) is 5.69 Å². The number of nitrogens with zero attached hydrogens (tertiary/aromatic N) is 6. The van der Waals surface area contributed by atoms with Crippen LogP contribution < -0.4 is 4.74 Å². The number of benzene rings is 2. The molecule has 0 atom stereocenters. The minimum absolute atomic E-state index is 0.0387. The summed E-state index contributed by atoms with van der Waals surface area (Å²) < 4.78 is 84.8. The highest BCUT2D eigenvalue weighted by Gasteiger charge is 2.43. The number of amides is 1. The van der Waals surface area contributed by atoms with Crippen molar-refractivity contribution < 1.29 is 35.9 Å². The Hall–Kier alpha value is -4.21. The molecule has 246 valence electrons. The number of aryl methyl sites for hydroxylation is 3. The summed E-state index contributed by atoms with van der Waals surface area (Å²) in [5.74, 6) is 0.544. The van der Waals surface area contributed by atoms with Gasteiger partial charge in [-0.15, -0.1) is 0 Å². The number of carbonyl (C=O) groups excluding carboxylic acids is 1. The number of imidazole rings is 1. The zero-order chi connectivity index (χ0) is 33.2. The molecule has 2 aromatic heterocycles. The van der Waals surface area contributed by atoms with E-state index in [2.05, 4.69) is 10.1 Å². The second kappa shape index (κ2) is 13.3. The second-order valence-electron chi connectivity index (χ2n) is 10.9. The van der Waals surface area contributed by atoms with E-state index in [1.807, 2.05) is 11.5 Å². The van der Waals surface area contributed by atoms with Crippen LogP contribution in [0.2, 0.25) is 0 Å². The van der Waals surface area contributed by atoms with Gasteiger partial charge < -0.3 is 18.9 Å². The van der Waals surface area contributed by atoms with Crippen molar-refractivity contribution in [3.8, 4) is 11.4 Å². The lowest BCUT2D eigenvalue weighted by Crippen LogP contribution is -2.36. The van der Waals surface area contributed by atoms with Crippen LogP contribution in [0.4, 0.5) is 13.2 Å². The molecule has 1 aliphatic rings. The van der Waals surface area contributed by atoms with E-state index >= 15 is 0 Å². The number of hydrogen-bond acceptors (Lipinski definition) is 7. The molecule has 0 N–H and O–H groups in total. The fourth-order valence-electron chi connectivity index (χ4n) is 5.63. The van der Waals surface area contributed by atoms with E-state index in [9.17, 15) is 26.4 Å². The summed E-state index contributed by atoms with van der Waals surface area (Å²) >= 11 is 0. The SMILES string of the molecule is CCn1ccnc1CN(CCOCC(=O)N1Cc2c(C(F)(F)F)nn(-c3ccccc3)c2C1)S(=O)(=O)c1c(C)cc(OC)cc1C. The maximum atomic E-state index is 14.0. The van der Waals surface area contributed by atoms with Gasteiger partial charge in [-0.25, -0.2) is 18.1 Å². The van der Waals surface area contributed by atoms with E-state index in [1.54, 1.807) is 68.7 Å². The Bertz CT molecular complexity index is 1800. The van der Waals surface area contributed by atoms with E-state index in [-0.39, 0.29) is 48.9 Å². The Labute approximate surface area is 265 Å². The largest absolute Gasteiger partial charge is 0.497 e. The zero-order valence-electron chi connectivity index (χ0n) is 25.9. The van der Waals surface area contributed by atoms with Crippen LogP contribution >= 0.6 is 0 Å². The molecular weight excluding hydrogens is 625 g/mol. The minimum Gasteiger partial charge on any atom is -0.497 e. The van der Waals surface area contributed by atoms with Gasteiger partial charge >= 0.3 is 6.18 Å². The first-order valence-electron chi connectivity index (χ1n) is 14.6. The maximum absolute atomic E-state index is 14.0. The van der Waals surface area contributed by atoms with Gasteiger partial charge in [0, 0.05) is 31.0 Å². The third-order valence-electron chi connectivity index (χ3n) is 7.84. The molecule has 11 nitrogen and oxygen atoms in total. The molecule has 0 saturated heterocycles. The van der Waals surface area contributed by atoms with Crippen LogP contribution in [0.5, 0.6) is 5.75 Å². The fraction of sp³-hybridized carbons (Fsp3) is 0.387. The van der Waals surface area contributed by atoms with E-state index < -0.39 is 34.4 Å². The molecule has 1 amide bonds. The van der Waals surface area contributed by atoms with Gasteiger partial charge in [-0.05, 0) is 56.2 Å². The molecule has 46 heavy (non-hydrogen) atoms. The van der Waals surface area contributed by atoms with Crippen molar-refractivity contribution in [2.24, 2.45) is 0 Å². The summed E-state index contributed by atoms with van der Waals surface area (Å²) in [6, 6.07) is 11.7. The topological polar surface area (TPSA) is 112 Å². The average Bonchev–Trinajstić information content (AvgIpc) is 3.73. The number of rotatable bonds is 12. The normalized spacial score (nSPS) is 13.4. The van der Waals surface area contributed by atoms with Gasteiger partial charge in [-0.1, -0.05) is 18.2 Å². The molecule has 2 aromatic carbocycles. The van der Waals surface area contributed by atoms with Crippen molar-refractivity contribution in [1.82, 2.24) is 28.5 Å². The number of para-hydroxylation sites is 1. The molecule has 15 heteroatoms. The Balaban J connectivity index is 1.30. The fourth-order valence-corrected chi connectivity index (χ4v) is 7.42. The van der Waals surface area contributed by atoms with Crippen molar-refractivity contribution in [2.75, 3.05) is 26.9 Å². The summed E-state index contributed by atoms with van der Waals surface area (Å²) in [6.07, 6.45) is -1.34. The molecule has 0 unspecified atom stereocenters. The number of methoxy groups -OCH3 is 1. The third kappa shape index (κ3) is 6.66. The number of sulfonamides is 1. The summed E-state index contributed by atoms with van der Waals surface area (Å²) in [4.78, 5) is 18.9. The molecule has 3 heterocycles. The Morgan fingerprint density at radius 2 is 1.78 bits per heavy atom. The first kappa shape index (κ1) is 33.2. The lowest BCUT2D eigenvalue weighted by molar-refractivity contribution is -0.143. The van der Waals surface area contributed by atoms with Gasteiger partial charge in [0.25, 0.3) is 0 Å². The number of aromatic nitrogens is 4. The summed E-state index contributed by atoms with van der Waals surface area (Å²) in [6.45, 7) is 4.83. The van der Waals surface area contributed by atoms with Crippen molar-refractivity contribution in [3.63, 3.8) is 0 Å². The number of fused-ring (bicyclic) bond motifs is 1. The molecule has 0 saturated carbocycles. The van der Waals surface area contributed by atoms with Crippen LogP contribution in [0.1, 0.15) is 40.8 Å². The predicted octanol–water partition coefficient (Wildman–Crippen LogP) is 4.48. The number of alkyl halides is 3. The van der Waals surface area contributed by atoms with E-state index in [1.165, 1.54) is 21.0 Å². The standard InChI is InChI=1S/C31H35F3N6O5S/c1-5-37-12-11-35-27(37)19-39(46(42,43)29-21(2)15-24(44-4)16-22(29)3)13-14-45-20-28(41)38-17-25-26(18-38)40(23-9-7-6-8-10-23)36-30(25)31(32,33)34/h6-12,15-16H,5,13-14,17-20H2,1-4H3. The average molecular weight is 661 g/mol. The molecule has 0 radical (unpaired) electrons. The van der Waals surface area contributed by atoms with Crippen LogP contribution in [0.15, 0.2) is 59.8 Å². The van der Waals surface area contributed by atoms with Gasteiger partial charge in [0.05, 0.1) is 49.6 Å².